The molecule has 5 rings (SSSR count). The summed E-state index contributed by atoms with van der Waals surface area (Å²) in [5, 5.41) is 3.12. The Labute approximate surface area is 200 Å². The minimum Gasteiger partial charge on any atom is -0.493 e. The van der Waals surface area contributed by atoms with Crippen molar-refractivity contribution >= 4 is 23.3 Å². The fraction of sp³-hybridized carbons (Fsp3) is 0.240. The Morgan fingerprint density at radius 1 is 1.09 bits per heavy atom. The molecule has 0 spiro atoms. The van der Waals surface area contributed by atoms with Gasteiger partial charge in [0.15, 0.2) is 23.0 Å². The summed E-state index contributed by atoms with van der Waals surface area (Å²) in [6, 6.07) is 12.1. The third-order valence-electron chi connectivity index (χ3n) is 6.03. The molecule has 2 aliphatic heterocycles. The van der Waals surface area contributed by atoms with Crippen LogP contribution in [0, 0.1) is 5.82 Å². The van der Waals surface area contributed by atoms with Crippen molar-refractivity contribution in [3.05, 3.63) is 76.1 Å². The van der Waals surface area contributed by atoms with Gasteiger partial charge in [-0.15, -0.1) is 0 Å². The quantitative estimate of drug-likeness (QED) is 0.536. The van der Waals surface area contributed by atoms with Gasteiger partial charge in [0.1, 0.15) is 5.82 Å². The molecule has 34 heavy (non-hydrogen) atoms. The van der Waals surface area contributed by atoms with Crippen LogP contribution in [0.15, 0.2) is 48.5 Å². The van der Waals surface area contributed by atoms with Gasteiger partial charge in [-0.05, 0) is 53.9 Å². The third-order valence-corrected chi connectivity index (χ3v) is 6.36. The van der Waals surface area contributed by atoms with E-state index in [1.807, 2.05) is 6.07 Å². The molecule has 1 atom stereocenters. The molecule has 176 valence electrons. The zero-order valence-corrected chi connectivity index (χ0v) is 19.3. The van der Waals surface area contributed by atoms with Crippen molar-refractivity contribution in [2.45, 2.75) is 12.5 Å². The van der Waals surface area contributed by atoms with Crippen molar-refractivity contribution in [3.63, 3.8) is 0 Å². The normalized spacial score (nSPS) is 16.1. The summed E-state index contributed by atoms with van der Waals surface area (Å²) < 4.78 is 36.8. The molecule has 0 radical (unpaired) electrons. The molecule has 1 N–H and O–H groups in total. The van der Waals surface area contributed by atoms with Crippen LogP contribution in [0.1, 0.15) is 22.7 Å². The van der Waals surface area contributed by atoms with Gasteiger partial charge in [-0.1, -0.05) is 17.7 Å². The number of benzene rings is 3. The van der Waals surface area contributed by atoms with Gasteiger partial charge in [0.05, 0.1) is 20.3 Å². The number of halogens is 2. The van der Waals surface area contributed by atoms with Gasteiger partial charge in [0, 0.05) is 28.9 Å². The first-order chi connectivity index (χ1) is 16.5. The highest BCUT2D eigenvalue weighted by molar-refractivity contribution is 6.31. The lowest BCUT2D eigenvalue weighted by Crippen LogP contribution is -2.43. The second kappa shape index (κ2) is 8.95. The standard InChI is InChI=1S/C25H22ClFN2O5/c1-31-20-10-14-8-9-29(25(30)28-15-6-7-19-22(11-15)34-13-33-19)24(16(14)12-21(20)32-2)23-17(26)4-3-5-18(23)27/h3-7,10-12,24H,8-9,13H2,1-2H3,(H,28,30). The SMILES string of the molecule is COc1cc2c(cc1OC)C(c1c(F)cccc1Cl)N(C(=O)Nc1ccc3c(c1)OCO3)CC2. The number of urea groups is 1. The van der Waals surface area contributed by atoms with E-state index in [1.165, 1.54) is 19.2 Å². The number of carbonyl (C=O) groups is 1. The summed E-state index contributed by atoms with van der Waals surface area (Å²) in [5.41, 5.74) is 2.40. The van der Waals surface area contributed by atoms with E-state index in [9.17, 15) is 4.79 Å². The Balaban J connectivity index is 1.57. The van der Waals surface area contributed by atoms with E-state index in [0.717, 1.165) is 11.1 Å². The molecular formula is C25H22ClFN2O5. The largest absolute Gasteiger partial charge is 0.493 e. The number of nitrogens with zero attached hydrogens (tertiary/aromatic N) is 1. The predicted molar refractivity (Wildman–Crippen MR) is 125 cm³/mol. The van der Waals surface area contributed by atoms with Crippen molar-refractivity contribution in [1.82, 2.24) is 4.90 Å². The van der Waals surface area contributed by atoms with Gasteiger partial charge in [-0.25, -0.2) is 9.18 Å². The Bertz CT molecular complexity index is 1250. The average Bonchev–Trinajstić information content (AvgIpc) is 3.31. The highest BCUT2D eigenvalue weighted by Gasteiger charge is 2.36. The molecule has 0 bridgehead atoms. The summed E-state index contributed by atoms with van der Waals surface area (Å²) in [5.74, 6) is 1.71. The van der Waals surface area contributed by atoms with Crippen LogP contribution in [0.3, 0.4) is 0 Å². The minimum atomic E-state index is -0.772. The minimum absolute atomic E-state index is 0.134. The Morgan fingerprint density at radius 3 is 2.62 bits per heavy atom. The topological polar surface area (TPSA) is 69.3 Å². The molecule has 3 aromatic carbocycles. The third kappa shape index (κ3) is 3.84. The maximum Gasteiger partial charge on any atom is 0.322 e. The van der Waals surface area contributed by atoms with Gasteiger partial charge < -0.3 is 29.2 Å². The predicted octanol–water partition coefficient (Wildman–Crippen LogP) is 5.40. The molecule has 2 heterocycles. The molecule has 9 heteroatoms. The van der Waals surface area contributed by atoms with Crippen molar-refractivity contribution in [1.29, 1.82) is 0 Å². The Hall–Kier alpha value is -3.65. The number of fused-ring (bicyclic) bond motifs is 2. The van der Waals surface area contributed by atoms with Crippen LogP contribution in [0.2, 0.25) is 5.02 Å². The van der Waals surface area contributed by atoms with E-state index in [-0.39, 0.29) is 17.4 Å². The van der Waals surface area contributed by atoms with E-state index in [0.29, 0.717) is 41.7 Å². The molecular weight excluding hydrogens is 463 g/mol. The fourth-order valence-corrected chi connectivity index (χ4v) is 4.68. The summed E-state index contributed by atoms with van der Waals surface area (Å²) in [6.45, 7) is 0.475. The molecule has 0 fully saturated rings. The maximum atomic E-state index is 15.1. The zero-order chi connectivity index (χ0) is 23.8. The van der Waals surface area contributed by atoms with Crippen molar-refractivity contribution < 1.29 is 28.1 Å². The summed E-state index contributed by atoms with van der Waals surface area (Å²) in [7, 11) is 3.09. The highest BCUT2D eigenvalue weighted by atomic mass is 35.5. The van der Waals surface area contributed by atoms with Gasteiger partial charge in [-0.2, -0.15) is 0 Å². The molecule has 2 aliphatic rings. The van der Waals surface area contributed by atoms with Crippen molar-refractivity contribution in [3.8, 4) is 23.0 Å². The van der Waals surface area contributed by atoms with Gasteiger partial charge >= 0.3 is 6.03 Å². The van der Waals surface area contributed by atoms with Crippen LogP contribution in [-0.2, 0) is 6.42 Å². The van der Waals surface area contributed by atoms with Crippen molar-refractivity contribution in [2.75, 3.05) is 32.9 Å². The summed E-state index contributed by atoms with van der Waals surface area (Å²) >= 11 is 6.47. The van der Waals surface area contributed by atoms with E-state index >= 15 is 4.39 Å². The second-order valence-electron chi connectivity index (χ2n) is 7.89. The Morgan fingerprint density at radius 2 is 1.85 bits per heavy atom. The lowest BCUT2D eigenvalue weighted by molar-refractivity contribution is 0.174. The number of ether oxygens (including phenoxy) is 4. The molecule has 0 saturated heterocycles. The lowest BCUT2D eigenvalue weighted by Gasteiger charge is -2.38. The van der Waals surface area contributed by atoms with Crippen LogP contribution >= 0.6 is 11.6 Å². The second-order valence-corrected chi connectivity index (χ2v) is 8.29. The first kappa shape index (κ1) is 22.2. The first-order valence-corrected chi connectivity index (χ1v) is 11.0. The molecule has 3 aromatic rings. The molecule has 2 amide bonds. The molecule has 1 unspecified atom stereocenters. The monoisotopic (exact) mass is 484 g/mol. The molecule has 0 aromatic heterocycles. The average molecular weight is 485 g/mol. The number of carbonyl (C=O) groups excluding carboxylic acids is 1. The Kier molecular flexibility index (Phi) is 5.83. The van der Waals surface area contributed by atoms with Crippen LogP contribution in [0.4, 0.5) is 14.9 Å². The number of hydrogen-bond donors (Lipinski definition) is 1. The van der Waals surface area contributed by atoms with Gasteiger partial charge in [-0.3, -0.25) is 0 Å². The summed E-state index contributed by atoms with van der Waals surface area (Å²) in [6.07, 6.45) is 0.548. The number of methoxy groups -OCH3 is 2. The van der Waals surface area contributed by atoms with Gasteiger partial charge in [0.2, 0.25) is 6.79 Å². The number of nitrogens with one attached hydrogen (secondary N) is 1. The number of anilines is 1. The highest BCUT2D eigenvalue weighted by Crippen LogP contribution is 2.44. The van der Waals surface area contributed by atoms with E-state index in [1.54, 1.807) is 42.3 Å². The van der Waals surface area contributed by atoms with Crippen LogP contribution < -0.4 is 24.3 Å². The molecule has 0 saturated carbocycles. The van der Waals surface area contributed by atoms with E-state index in [2.05, 4.69) is 5.32 Å². The van der Waals surface area contributed by atoms with Crippen LogP contribution in [-0.4, -0.2) is 38.5 Å². The molecule has 0 aliphatic carbocycles. The fourth-order valence-electron chi connectivity index (χ4n) is 4.42. The summed E-state index contributed by atoms with van der Waals surface area (Å²) in [4.78, 5) is 15.1. The van der Waals surface area contributed by atoms with E-state index in [4.69, 9.17) is 30.5 Å². The lowest BCUT2D eigenvalue weighted by atomic mass is 9.87. The van der Waals surface area contributed by atoms with Crippen LogP contribution in [0.5, 0.6) is 23.0 Å². The number of hydrogen-bond acceptors (Lipinski definition) is 5. The zero-order valence-electron chi connectivity index (χ0n) is 18.6. The van der Waals surface area contributed by atoms with Gasteiger partial charge in [0.25, 0.3) is 0 Å². The first-order valence-electron chi connectivity index (χ1n) is 10.7. The maximum absolute atomic E-state index is 15.1. The van der Waals surface area contributed by atoms with Crippen molar-refractivity contribution in [2.24, 2.45) is 0 Å². The van der Waals surface area contributed by atoms with E-state index < -0.39 is 17.9 Å². The van der Waals surface area contributed by atoms with Crippen LogP contribution in [0.25, 0.3) is 0 Å². The smallest absolute Gasteiger partial charge is 0.322 e. The number of rotatable bonds is 4. The molecule has 7 nitrogen and oxygen atoms in total. The number of amides is 2.